The lowest BCUT2D eigenvalue weighted by atomic mass is 10.2. The number of halogens is 1. The van der Waals surface area contributed by atoms with E-state index < -0.39 is 4.92 Å². The van der Waals surface area contributed by atoms with Crippen LogP contribution in [0.5, 0.6) is 0 Å². The first-order valence-corrected chi connectivity index (χ1v) is 6.77. The van der Waals surface area contributed by atoms with E-state index in [1.807, 2.05) is 36.2 Å². The summed E-state index contributed by atoms with van der Waals surface area (Å²) in [4.78, 5) is 12.2. The summed E-state index contributed by atoms with van der Waals surface area (Å²) in [6.45, 7) is 0.656. The van der Waals surface area contributed by atoms with Crippen LogP contribution < -0.4 is 10.6 Å². The van der Waals surface area contributed by atoms with Crippen molar-refractivity contribution in [3.63, 3.8) is 0 Å². The lowest BCUT2D eigenvalue weighted by Gasteiger charge is -2.21. The average molecular weight is 336 g/mol. The molecule has 0 aromatic heterocycles. The fourth-order valence-corrected chi connectivity index (χ4v) is 2.38. The minimum absolute atomic E-state index is 0.000502. The van der Waals surface area contributed by atoms with Crippen LogP contribution >= 0.6 is 15.9 Å². The third-order valence-corrected chi connectivity index (χ3v) is 3.77. The van der Waals surface area contributed by atoms with E-state index in [-0.39, 0.29) is 5.69 Å². The van der Waals surface area contributed by atoms with E-state index in [0.717, 1.165) is 15.7 Å². The van der Waals surface area contributed by atoms with E-state index in [2.05, 4.69) is 15.9 Å². The number of non-ortho nitro benzene ring substituents is 1. The van der Waals surface area contributed by atoms with Crippen molar-refractivity contribution in [3.05, 3.63) is 62.6 Å². The summed E-state index contributed by atoms with van der Waals surface area (Å²) in [5.41, 5.74) is 8.18. The zero-order chi connectivity index (χ0) is 14.7. The smallest absolute Gasteiger partial charge is 0.271 e. The monoisotopic (exact) mass is 335 g/mol. The molecule has 0 atom stereocenters. The quantitative estimate of drug-likeness (QED) is 0.526. The molecule has 0 heterocycles. The normalized spacial score (nSPS) is 10.3. The van der Waals surface area contributed by atoms with Gasteiger partial charge in [0.2, 0.25) is 0 Å². The topological polar surface area (TPSA) is 72.4 Å². The Morgan fingerprint density at radius 1 is 1.30 bits per heavy atom. The second-order valence-electron chi connectivity index (χ2n) is 4.45. The van der Waals surface area contributed by atoms with Gasteiger partial charge in [0, 0.05) is 30.2 Å². The fraction of sp³-hybridized carbons (Fsp3) is 0.143. The number of rotatable bonds is 4. The maximum absolute atomic E-state index is 10.7. The Kier molecular flexibility index (Phi) is 4.24. The van der Waals surface area contributed by atoms with Crippen molar-refractivity contribution in [2.75, 3.05) is 17.7 Å². The van der Waals surface area contributed by atoms with Crippen LogP contribution in [0.15, 0.2) is 46.9 Å². The number of nitrogens with two attached hydrogens (primary N) is 1. The molecular weight excluding hydrogens is 322 g/mol. The fourth-order valence-electron chi connectivity index (χ4n) is 1.97. The number of hydrogen-bond acceptors (Lipinski definition) is 4. The summed E-state index contributed by atoms with van der Waals surface area (Å²) in [6.07, 6.45) is 0. The first-order valence-electron chi connectivity index (χ1n) is 5.97. The molecule has 0 fully saturated rings. The van der Waals surface area contributed by atoms with Gasteiger partial charge >= 0.3 is 0 Å². The molecule has 0 amide bonds. The molecule has 0 saturated heterocycles. The van der Waals surface area contributed by atoms with Crippen LogP contribution in [-0.2, 0) is 6.54 Å². The van der Waals surface area contributed by atoms with Crippen LogP contribution in [0.25, 0.3) is 0 Å². The molecule has 5 nitrogen and oxygen atoms in total. The van der Waals surface area contributed by atoms with Crippen LogP contribution in [0.1, 0.15) is 5.56 Å². The second kappa shape index (κ2) is 5.92. The van der Waals surface area contributed by atoms with Crippen LogP contribution in [0, 0.1) is 10.1 Å². The maximum Gasteiger partial charge on any atom is 0.271 e. The highest BCUT2D eigenvalue weighted by atomic mass is 79.9. The molecule has 0 aliphatic rings. The molecule has 0 aliphatic heterocycles. The van der Waals surface area contributed by atoms with E-state index in [0.29, 0.717) is 12.2 Å². The van der Waals surface area contributed by atoms with Crippen LogP contribution in [0.3, 0.4) is 0 Å². The Labute approximate surface area is 125 Å². The molecule has 2 aromatic carbocycles. The number of hydrogen-bond donors (Lipinski definition) is 1. The van der Waals surface area contributed by atoms with Gasteiger partial charge in [-0.3, -0.25) is 10.1 Å². The SMILES string of the molecule is CN(Cc1ccccc1Br)c1ccc([N+](=O)[O-])cc1N. The van der Waals surface area contributed by atoms with Crippen LogP contribution in [0.2, 0.25) is 0 Å². The summed E-state index contributed by atoms with van der Waals surface area (Å²) in [7, 11) is 1.90. The minimum atomic E-state index is -0.450. The van der Waals surface area contributed by atoms with Gasteiger partial charge in [-0.2, -0.15) is 0 Å². The van der Waals surface area contributed by atoms with Gasteiger partial charge in [-0.15, -0.1) is 0 Å². The molecule has 2 N–H and O–H groups in total. The molecule has 104 valence electrons. The zero-order valence-electron chi connectivity index (χ0n) is 10.9. The van der Waals surface area contributed by atoms with Gasteiger partial charge in [-0.25, -0.2) is 0 Å². The summed E-state index contributed by atoms with van der Waals surface area (Å²) in [5.74, 6) is 0. The number of nitro benzene ring substituents is 1. The molecule has 0 aliphatic carbocycles. The van der Waals surface area contributed by atoms with Gasteiger partial charge in [0.05, 0.1) is 16.3 Å². The highest BCUT2D eigenvalue weighted by Gasteiger charge is 2.12. The average Bonchev–Trinajstić information content (AvgIpc) is 2.41. The third kappa shape index (κ3) is 3.08. The molecule has 6 heteroatoms. The minimum Gasteiger partial charge on any atom is -0.397 e. The van der Waals surface area contributed by atoms with E-state index in [9.17, 15) is 10.1 Å². The van der Waals surface area contributed by atoms with Crippen molar-refractivity contribution < 1.29 is 4.92 Å². The van der Waals surface area contributed by atoms with Crippen molar-refractivity contribution >= 4 is 33.0 Å². The second-order valence-corrected chi connectivity index (χ2v) is 5.30. The molecule has 0 saturated carbocycles. The molecule has 2 aromatic rings. The number of benzene rings is 2. The third-order valence-electron chi connectivity index (χ3n) is 3.00. The standard InChI is InChI=1S/C14H14BrN3O2/c1-17(9-10-4-2-3-5-12(10)15)14-7-6-11(18(19)20)8-13(14)16/h2-8H,9,16H2,1H3. The summed E-state index contributed by atoms with van der Waals surface area (Å²) < 4.78 is 1.02. The molecule has 0 bridgehead atoms. The predicted molar refractivity (Wildman–Crippen MR) is 83.8 cm³/mol. The number of nitrogens with zero attached hydrogens (tertiary/aromatic N) is 2. The van der Waals surface area contributed by atoms with E-state index in [1.54, 1.807) is 6.07 Å². The lowest BCUT2D eigenvalue weighted by Crippen LogP contribution is -2.18. The predicted octanol–water partition coefficient (Wildman–Crippen LogP) is 3.58. The molecule has 20 heavy (non-hydrogen) atoms. The molecule has 2 rings (SSSR count). The van der Waals surface area contributed by atoms with Crippen molar-refractivity contribution in [1.82, 2.24) is 0 Å². The van der Waals surface area contributed by atoms with Gasteiger partial charge in [-0.1, -0.05) is 34.1 Å². The van der Waals surface area contributed by atoms with E-state index in [4.69, 9.17) is 5.73 Å². The van der Waals surface area contributed by atoms with Gasteiger partial charge in [0.25, 0.3) is 5.69 Å². The van der Waals surface area contributed by atoms with Crippen LogP contribution in [0.4, 0.5) is 17.1 Å². The maximum atomic E-state index is 10.7. The first kappa shape index (κ1) is 14.3. The van der Waals surface area contributed by atoms with E-state index >= 15 is 0 Å². The van der Waals surface area contributed by atoms with Crippen molar-refractivity contribution in [1.29, 1.82) is 0 Å². The Balaban J connectivity index is 2.23. The number of nitro groups is 1. The number of nitrogen functional groups attached to an aromatic ring is 1. The van der Waals surface area contributed by atoms with Crippen molar-refractivity contribution in [3.8, 4) is 0 Å². The highest BCUT2D eigenvalue weighted by molar-refractivity contribution is 9.10. The zero-order valence-corrected chi connectivity index (χ0v) is 12.5. The number of anilines is 2. The Morgan fingerprint density at radius 2 is 2.00 bits per heavy atom. The molecular formula is C14H14BrN3O2. The highest BCUT2D eigenvalue weighted by Crippen LogP contribution is 2.28. The first-order chi connectivity index (χ1) is 9.49. The van der Waals surface area contributed by atoms with Gasteiger partial charge < -0.3 is 10.6 Å². The molecule has 0 spiro atoms. The Morgan fingerprint density at radius 3 is 2.60 bits per heavy atom. The summed E-state index contributed by atoms with van der Waals surface area (Å²) >= 11 is 3.50. The lowest BCUT2D eigenvalue weighted by molar-refractivity contribution is -0.384. The Bertz CT molecular complexity index is 646. The summed E-state index contributed by atoms with van der Waals surface area (Å²) in [5, 5.41) is 10.7. The largest absolute Gasteiger partial charge is 0.397 e. The van der Waals surface area contributed by atoms with Crippen molar-refractivity contribution in [2.45, 2.75) is 6.54 Å². The molecule has 0 radical (unpaired) electrons. The Hall–Kier alpha value is -2.08. The van der Waals surface area contributed by atoms with E-state index in [1.165, 1.54) is 12.1 Å². The van der Waals surface area contributed by atoms with Gasteiger partial charge in [-0.05, 0) is 17.7 Å². The van der Waals surface area contributed by atoms with Crippen molar-refractivity contribution in [2.24, 2.45) is 0 Å². The molecule has 0 unspecified atom stereocenters. The van der Waals surface area contributed by atoms with Crippen LogP contribution in [-0.4, -0.2) is 12.0 Å². The van der Waals surface area contributed by atoms with Gasteiger partial charge in [0.1, 0.15) is 0 Å². The van der Waals surface area contributed by atoms with Gasteiger partial charge in [0.15, 0.2) is 0 Å². The summed E-state index contributed by atoms with van der Waals surface area (Å²) in [6, 6.07) is 12.4.